The van der Waals surface area contributed by atoms with Gasteiger partial charge in [-0.2, -0.15) is 8.42 Å². The number of ether oxygens (including phenoxy) is 1. The van der Waals surface area contributed by atoms with Gasteiger partial charge in [0.2, 0.25) is 0 Å². The van der Waals surface area contributed by atoms with Crippen LogP contribution in [0.2, 0.25) is 5.02 Å². The molecule has 30 heavy (non-hydrogen) atoms. The number of aliphatic hydroxyl groups is 1. The fourth-order valence-corrected chi connectivity index (χ4v) is 3.53. The molecule has 0 aliphatic carbocycles. The predicted molar refractivity (Wildman–Crippen MR) is 109 cm³/mol. The van der Waals surface area contributed by atoms with Crippen molar-refractivity contribution in [3.63, 3.8) is 0 Å². The first-order valence-electron chi connectivity index (χ1n) is 8.90. The van der Waals surface area contributed by atoms with E-state index >= 15 is 0 Å². The second kappa shape index (κ2) is 9.20. The van der Waals surface area contributed by atoms with Gasteiger partial charge in [-0.3, -0.25) is 0 Å². The van der Waals surface area contributed by atoms with E-state index in [1.165, 1.54) is 36.2 Å². The van der Waals surface area contributed by atoms with Gasteiger partial charge in [0.05, 0.1) is 17.7 Å². The van der Waals surface area contributed by atoms with Crippen LogP contribution >= 0.6 is 11.6 Å². The number of hydrogen-bond acceptors (Lipinski definition) is 6. The summed E-state index contributed by atoms with van der Waals surface area (Å²) in [6.45, 7) is 5.19. The fourth-order valence-electron chi connectivity index (χ4n) is 2.33. The minimum atomic E-state index is -4.22. The Morgan fingerprint density at radius 1 is 1.20 bits per heavy atom. The third-order valence-corrected chi connectivity index (χ3v) is 5.34. The molecule has 2 rings (SSSR count). The summed E-state index contributed by atoms with van der Waals surface area (Å²) in [6.07, 6.45) is -1.60. The van der Waals surface area contributed by atoms with Crippen LogP contribution in [0.25, 0.3) is 0 Å². The molecular formula is C20H23ClFNO6S. The molecule has 0 bridgehead atoms. The highest BCUT2D eigenvalue weighted by atomic mass is 35.5. The normalized spacial score (nSPS) is 12.9. The molecule has 1 unspecified atom stereocenters. The first-order chi connectivity index (χ1) is 13.8. The molecule has 0 aliphatic rings. The standard InChI is InChI=1S/C20H23ClFNO6S/c1-20(2,3)28-19(25)23(4)12-18(24)13-5-7-14(8-6-13)29-30(26,27)15-9-10-17(22)16(21)11-15/h5-11,18,24H,12H2,1-4H3. The molecule has 0 aliphatic heterocycles. The Labute approximate surface area is 180 Å². The SMILES string of the molecule is CN(CC(O)c1ccc(OS(=O)(=O)c2ccc(F)c(Cl)c2)cc1)C(=O)OC(C)(C)C. The summed E-state index contributed by atoms with van der Waals surface area (Å²) in [4.78, 5) is 12.9. The lowest BCUT2D eigenvalue weighted by atomic mass is 10.1. The number of benzene rings is 2. The van der Waals surface area contributed by atoms with E-state index in [0.717, 1.165) is 18.2 Å². The van der Waals surface area contributed by atoms with Crippen molar-refractivity contribution in [2.24, 2.45) is 0 Å². The molecule has 2 aromatic carbocycles. The highest BCUT2D eigenvalue weighted by Crippen LogP contribution is 2.25. The second-order valence-corrected chi connectivity index (χ2v) is 9.51. The first kappa shape index (κ1) is 23.9. The molecule has 0 fully saturated rings. The van der Waals surface area contributed by atoms with Crippen molar-refractivity contribution in [3.8, 4) is 5.75 Å². The van der Waals surface area contributed by atoms with Crippen LogP contribution in [0.3, 0.4) is 0 Å². The average Bonchev–Trinajstić information content (AvgIpc) is 2.62. The first-order valence-corrected chi connectivity index (χ1v) is 10.7. The molecular weight excluding hydrogens is 437 g/mol. The second-order valence-electron chi connectivity index (χ2n) is 7.56. The number of nitrogens with zero attached hydrogens (tertiary/aromatic N) is 1. The third kappa shape index (κ3) is 6.58. The van der Waals surface area contributed by atoms with Gasteiger partial charge < -0.3 is 18.9 Å². The van der Waals surface area contributed by atoms with Crippen LogP contribution < -0.4 is 4.18 Å². The van der Waals surface area contributed by atoms with Gasteiger partial charge in [0, 0.05) is 7.05 Å². The number of hydrogen-bond donors (Lipinski definition) is 1. The van der Waals surface area contributed by atoms with Crippen LogP contribution in [-0.4, -0.2) is 43.7 Å². The Hall–Kier alpha value is -2.36. The topological polar surface area (TPSA) is 93.1 Å². The fraction of sp³-hybridized carbons (Fsp3) is 0.350. The number of halogens is 2. The Bertz CT molecular complexity index is 1000. The van der Waals surface area contributed by atoms with Gasteiger partial charge in [-0.05, 0) is 56.7 Å². The third-order valence-electron chi connectivity index (χ3n) is 3.80. The number of rotatable bonds is 6. The van der Waals surface area contributed by atoms with Crippen LogP contribution in [0.1, 0.15) is 32.4 Å². The number of likely N-dealkylation sites (N-methyl/N-ethyl adjacent to an activating group) is 1. The molecule has 1 N–H and O–H groups in total. The van der Waals surface area contributed by atoms with Crippen molar-refractivity contribution in [2.75, 3.05) is 13.6 Å². The molecule has 2 aromatic rings. The highest BCUT2D eigenvalue weighted by Gasteiger charge is 2.22. The molecule has 0 heterocycles. The van der Waals surface area contributed by atoms with E-state index in [1.807, 2.05) is 0 Å². The van der Waals surface area contributed by atoms with Crippen LogP contribution in [0.15, 0.2) is 47.4 Å². The lowest BCUT2D eigenvalue weighted by Gasteiger charge is -2.26. The van der Waals surface area contributed by atoms with Gasteiger partial charge >= 0.3 is 16.2 Å². The molecule has 164 valence electrons. The average molecular weight is 460 g/mol. The molecule has 0 saturated heterocycles. The maximum Gasteiger partial charge on any atom is 0.410 e. The maximum atomic E-state index is 13.2. The molecule has 0 spiro atoms. The summed E-state index contributed by atoms with van der Waals surface area (Å²) >= 11 is 5.62. The van der Waals surface area contributed by atoms with Crippen LogP contribution in [0.5, 0.6) is 5.75 Å². The summed E-state index contributed by atoms with van der Waals surface area (Å²) in [5, 5.41) is 10.00. The Morgan fingerprint density at radius 3 is 2.33 bits per heavy atom. The van der Waals surface area contributed by atoms with Crippen LogP contribution in [-0.2, 0) is 14.9 Å². The lowest BCUT2D eigenvalue weighted by molar-refractivity contribution is 0.0205. The number of aliphatic hydroxyl groups excluding tert-OH is 1. The van der Waals surface area contributed by atoms with E-state index in [0.29, 0.717) is 5.56 Å². The van der Waals surface area contributed by atoms with Gasteiger partial charge in [-0.25, -0.2) is 9.18 Å². The van der Waals surface area contributed by atoms with Crippen LogP contribution in [0.4, 0.5) is 9.18 Å². The molecule has 1 amide bonds. The minimum Gasteiger partial charge on any atom is -0.444 e. The zero-order chi connectivity index (χ0) is 22.7. The van der Waals surface area contributed by atoms with Crippen molar-refractivity contribution >= 4 is 27.8 Å². The molecule has 0 radical (unpaired) electrons. The molecule has 7 nitrogen and oxygen atoms in total. The number of amides is 1. The van der Waals surface area contributed by atoms with Gasteiger partial charge in [0.1, 0.15) is 22.1 Å². The summed E-state index contributed by atoms with van der Waals surface area (Å²) < 4.78 is 48.1. The quantitative estimate of drug-likeness (QED) is 0.652. The highest BCUT2D eigenvalue weighted by molar-refractivity contribution is 7.87. The smallest absolute Gasteiger partial charge is 0.410 e. The van der Waals surface area contributed by atoms with E-state index in [4.69, 9.17) is 20.5 Å². The van der Waals surface area contributed by atoms with Crippen molar-refractivity contribution in [3.05, 3.63) is 58.9 Å². The molecule has 10 heteroatoms. The Kier molecular flexibility index (Phi) is 7.33. The molecule has 0 aromatic heterocycles. The van der Waals surface area contributed by atoms with E-state index in [2.05, 4.69) is 0 Å². The monoisotopic (exact) mass is 459 g/mol. The van der Waals surface area contributed by atoms with Gasteiger partial charge in [-0.1, -0.05) is 23.7 Å². The Balaban J connectivity index is 2.05. The summed E-state index contributed by atoms with van der Waals surface area (Å²) in [6, 6.07) is 8.58. The van der Waals surface area contributed by atoms with E-state index in [-0.39, 0.29) is 22.2 Å². The lowest BCUT2D eigenvalue weighted by Crippen LogP contribution is -2.36. The van der Waals surface area contributed by atoms with E-state index in [1.54, 1.807) is 20.8 Å². The zero-order valence-corrected chi connectivity index (χ0v) is 18.5. The van der Waals surface area contributed by atoms with Gasteiger partial charge in [0.15, 0.2) is 0 Å². The number of carbonyl (C=O) groups is 1. The molecule has 0 saturated carbocycles. The summed E-state index contributed by atoms with van der Waals surface area (Å²) in [5.41, 5.74) is -0.213. The summed E-state index contributed by atoms with van der Waals surface area (Å²) in [5.74, 6) is -0.753. The van der Waals surface area contributed by atoms with Crippen molar-refractivity contribution < 1.29 is 31.6 Å². The maximum absolute atomic E-state index is 13.2. The van der Waals surface area contributed by atoms with Crippen molar-refractivity contribution in [1.82, 2.24) is 4.90 Å². The van der Waals surface area contributed by atoms with Crippen molar-refractivity contribution in [1.29, 1.82) is 0 Å². The van der Waals surface area contributed by atoms with Gasteiger partial charge in [0.25, 0.3) is 0 Å². The van der Waals surface area contributed by atoms with Crippen molar-refractivity contribution in [2.45, 2.75) is 37.4 Å². The number of carbonyl (C=O) groups excluding carboxylic acids is 1. The Morgan fingerprint density at radius 2 is 1.80 bits per heavy atom. The summed E-state index contributed by atoms with van der Waals surface area (Å²) in [7, 11) is -2.72. The van der Waals surface area contributed by atoms with E-state index < -0.39 is 33.7 Å². The largest absolute Gasteiger partial charge is 0.444 e. The van der Waals surface area contributed by atoms with Crippen LogP contribution in [0, 0.1) is 5.82 Å². The zero-order valence-electron chi connectivity index (χ0n) is 16.9. The predicted octanol–water partition coefficient (Wildman–Crippen LogP) is 4.15. The van der Waals surface area contributed by atoms with Gasteiger partial charge in [-0.15, -0.1) is 0 Å². The van der Waals surface area contributed by atoms with E-state index in [9.17, 15) is 22.7 Å². The molecule has 1 atom stereocenters. The minimum absolute atomic E-state index is 0.00751.